The molecule has 1 amide bonds. The summed E-state index contributed by atoms with van der Waals surface area (Å²) in [6.07, 6.45) is 0.386. The molecule has 0 bridgehead atoms. The number of aryl methyl sites for hydroxylation is 1. The maximum atomic E-state index is 11.8. The van der Waals surface area contributed by atoms with Gasteiger partial charge in [0.15, 0.2) is 0 Å². The van der Waals surface area contributed by atoms with Gasteiger partial charge in [0.1, 0.15) is 0 Å². The van der Waals surface area contributed by atoms with Crippen LogP contribution in [0.15, 0.2) is 60.7 Å². The van der Waals surface area contributed by atoms with Crippen molar-refractivity contribution in [2.75, 3.05) is 5.75 Å². The molecule has 0 atom stereocenters. The summed E-state index contributed by atoms with van der Waals surface area (Å²) in [5, 5.41) is 0. The SMILES string of the molecule is O=C(NNS(=O)(=O)CCc1ccccc1)c1ccccc1. The highest BCUT2D eigenvalue weighted by molar-refractivity contribution is 7.89. The molecule has 0 aliphatic heterocycles. The van der Waals surface area contributed by atoms with Crippen molar-refractivity contribution in [2.45, 2.75) is 6.42 Å². The Morgan fingerprint density at radius 3 is 2.10 bits per heavy atom. The summed E-state index contributed by atoms with van der Waals surface area (Å²) >= 11 is 0. The number of hydrogen-bond donors (Lipinski definition) is 2. The van der Waals surface area contributed by atoms with Crippen LogP contribution in [0.5, 0.6) is 0 Å². The molecule has 0 spiro atoms. The maximum absolute atomic E-state index is 11.8. The van der Waals surface area contributed by atoms with Gasteiger partial charge in [-0.25, -0.2) is 8.42 Å². The molecule has 2 rings (SSSR count). The van der Waals surface area contributed by atoms with Crippen LogP contribution in [0.4, 0.5) is 0 Å². The monoisotopic (exact) mass is 304 g/mol. The number of amides is 1. The summed E-state index contributed by atoms with van der Waals surface area (Å²) in [4.78, 5) is 13.8. The minimum atomic E-state index is -3.56. The zero-order chi connectivity index (χ0) is 15.1. The van der Waals surface area contributed by atoms with Gasteiger partial charge in [-0.05, 0) is 24.1 Å². The molecule has 0 saturated carbocycles. The van der Waals surface area contributed by atoms with Crippen molar-refractivity contribution < 1.29 is 13.2 Å². The number of carbonyl (C=O) groups is 1. The minimum Gasteiger partial charge on any atom is -0.274 e. The third kappa shape index (κ3) is 5.02. The molecule has 2 aromatic rings. The van der Waals surface area contributed by atoms with E-state index in [9.17, 15) is 13.2 Å². The third-order valence-corrected chi connectivity index (χ3v) is 4.01. The molecular weight excluding hydrogens is 288 g/mol. The molecule has 6 heteroatoms. The quantitative estimate of drug-likeness (QED) is 0.794. The van der Waals surface area contributed by atoms with Crippen LogP contribution in [0.1, 0.15) is 15.9 Å². The first-order valence-corrected chi connectivity index (χ1v) is 8.11. The zero-order valence-electron chi connectivity index (χ0n) is 11.3. The molecule has 110 valence electrons. The fourth-order valence-corrected chi connectivity index (χ4v) is 2.59. The van der Waals surface area contributed by atoms with Gasteiger partial charge < -0.3 is 0 Å². The van der Waals surface area contributed by atoms with Crippen molar-refractivity contribution in [3.8, 4) is 0 Å². The lowest BCUT2D eigenvalue weighted by atomic mass is 10.2. The second kappa shape index (κ2) is 7.01. The minimum absolute atomic E-state index is 0.0912. The van der Waals surface area contributed by atoms with Crippen molar-refractivity contribution in [1.29, 1.82) is 0 Å². The molecule has 2 aromatic carbocycles. The molecule has 0 fully saturated rings. The number of nitrogens with one attached hydrogen (secondary N) is 2. The third-order valence-electron chi connectivity index (χ3n) is 2.86. The lowest BCUT2D eigenvalue weighted by molar-refractivity contribution is 0.0945. The predicted octanol–water partition coefficient (Wildman–Crippen LogP) is 1.49. The fourth-order valence-electron chi connectivity index (χ4n) is 1.73. The summed E-state index contributed by atoms with van der Waals surface area (Å²) in [5.41, 5.74) is 3.52. The smallest absolute Gasteiger partial charge is 0.266 e. The van der Waals surface area contributed by atoms with E-state index in [2.05, 4.69) is 10.3 Å². The summed E-state index contributed by atoms with van der Waals surface area (Å²) < 4.78 is 23.6. The van der Waals surface area contributed by atoms with Gasteiger partial charge in [0.2, 0.25) is 10.0 Å². The van der Waals surface area contributed by atoms with E-state index in [-0.39, 0.29) is 5.75 Å². The van der Waals surface area contributed by atoms with Crippen LogP contribution in [0.2, 0.25) is 0 Å². The molecule has 0 unspecified atom stereocenters. The van der Waals surface area contributed by atoms with Crippen LogP contribution in [0.3, 0.4) is 0 Å². The average Bonchev–Trinajstić information content (AvgIpc) is 2.53. The Bertz CT molecular complexity index is 685. The highest BCUT2D eigenvalue weighted by Gasteiger charge is 2.12. The number of hydrazine groups is 1. The first-order chi connectivity index (χ1) is 10.1. The van der Waals surface area contributed by atoms with Crippen molar-refractivity contribution in [3.63, 3.8) is 0 Å². The topological polar surface area (TPSA) is 75.3 Å². The van der Waals surface area contributed by atoms with Crippen LogP contribution < -0.4 is 10.3 Å². The van der Waals surface area contributed by atoms with E-state index >= 15 is 0 Å². The molecular formula is C15H16N2O3S. The molecule has 0 radical (unpaired) electrons. The van der Waals surface area contributed by atoms with E-state index in [1.54, 1.807) is 30.3 Å². The molecule has 21 heavy (non-hydrogen) atoms. The van der Waals surface area contributed by atoms with Gasteiger partial charge in [-0.3, -0.25) is 10.2 Å². The van der Waals surface area contributed by atoms with Crippen LogP contribution in [-0.2, 0) is 16.4 Å². The first-order valence-electron chi connectivity index (χ1n) is 6.46. The van der Waals surface area contributed by atoms with Crippen molar-refractivity contribution in [3.05, 3.63) is 71.8 Å². The molecule has 5 nitrogen and oxygen atoms in total. The van der Waals surface area contributed by atoms with Crippen LogP contribution in [0, 0.1) is 0 Å². The zero-order valence-corrected chi connectivity index (χ0v) is 12.1. The summed E-state index contributed by atoms with van der Waals surface area (Å²) in [6.45, 7) is 0. The Balaban J connectivity index is 1.85. The van der Waals surface area contributed by atoms with Crippen LogP contribution >= 0.6 is 0 Å². The summed E-state index contributed by atoms with van der Waals surface area (Å²) in [7, 11) is -3.56. The predicted molar refractivity (Wildman–Crippen MR) is 81.0 cm³/mol. The Morgan fingerprint density at radius 2 is 1.48 bits per heavy atom. The average molecular weight is 304 g/mol. The maximum Gasteiger partial charge on any atom is 0.266 e. The molecule has 0 heterocycles. The molecule has 0 aliphatic carbocycles. The van der Waals surface area contributed by atoms with E-state index in [1.807, 2.05) is 30.3 Å². The second-order valence-electron chi connectivity index (χ2n) is 4.48. The number of rotatable bonds is 6. The summed E-state index contributed by atoms with van der Waals surface area (Å²) in [6, 6.07) is 17.7. The first kappa shape index (κ1) is 15.2. The van der Waals surface area contributed by atoms with Crippen molar-refractivity contribution in [1.82, 2.24) is 10.3 Å². The van der Waals surface area contributed by atoms with E-state index < -0.39 is 15.9 Å². The van der Waals surface area contributed by atoms with Gasteiger partial charge in [-0.15, -0.1) is 4.83 Å². The van der Waals surface area contributed by atoms with Gasteiger partial charge in [0.25, 0.3) is 5.91 Å². The largest absolute Gasteiger partial charge is 0.274 e. The Labute approximate surface area is 124 Å². The number of carbonyl (C=O) groups excluding carboxylic acids is 1. The van der Waals surface area contributed by atoms with Gasteiger partial charge in [0, 0.05) is 5.56 Å². The Morgan fingerprint density at radius 1 is 0.905 bits per heavy atom. The number of sulfonamides is 1. The highest BCUT2D eigenvalue weighted by Crippen LogP contribution is 2.01. The van der Waals surface area contributed by atoms with Gasteiger partial charge in [-0.2, -0.15) is 0 Å². The van der Waals surface area contributed by atoms with Crippen molar-refractivity contribution >= 4 is 15.9 Å². The Hall–Kier alpha value is -2.18. The fraction of sp³-hybridized carbons (Fsp3) is 0.133. The molecule has 2 N–H and O–H groups in total. The molecule has 0 aromatic heterocycles. The number of benzene rings is 2. The Kier molecular flexibility index (Phi) is 5.08. The van der Waals surface area contributed by atoms with E-state index in [1.165, 1.54) is 0 Å². The highest BCUT2D eigenvalue weighted by atomic mass is 32.2. The van der Waals surface area contributed by atoms with E-state index in [0.717, 1.165) is 5.56 Å². The van der Waals surface area contributed by atoms with Gasteiger partial charge in [-0.1, -0.05) is 48.5 Å². The number of hydrogen-bond acceptors (Lipinski definition) is 3. The lowest BCUT2D eigenvalue weighted by Crippen LogP contribution is -2.42. The van der Waals surface area contributed by atoms with E-state index in [4.69, 9.17) is 0 Å². The molecule has 0 saturated heterocycles. The molecule has 0 aliphatic rings. The second-order valence-corrected chi connectivity index (χ2v) is 6.32. The van der Waals surface area contributed by atoms with Gasteiger partial charge in [0.05, 0.1) is 5.75 Å². The lowest BCUT2D eigenvalue weighted by Gasteiger charge is -2.08. The van der Waals surface area contributed by atoms with E-state index in [0.29, 0.717) is 12.0 Å². The standard InChI is InChI=1S/C15H16N2O3S/c18-15(14-9-5-2-6-10-14)16-17-21(19,20)12-11-13-7-3-1-4-8-13/h1-10,17H,11-12H2,(H,16,18). The summed E-state index contributed by atoms with van der Waals surface area (Å²) in [5.74, 6) is -0.578. The van der Waals surface area contributed by atoms with Crippen LogP contribution in [0.25, 0.3) is 0 Å². The normalized spacial score (nSPS) is 11.0. The van der Waals surface area contributed by atoms with Crippen LogP contribution in [-0.4, -0.2) is 20.1 Å². The van der Waals surface area contributed by atoms with Crippen molar-refractivity contribution in [2.24, 2.45) is 0 Å². The van der Waals surface area contributed by atoms with Gasteiger partial charge >= 0.3 is 0 Å².